The SMILES string of the molecule is CC([S-])C[S-].CC([S-])C[S-].[Fe+2].[Fe+2]. The van der Waals surface area contributed by atoms with Gasteiger partial charge in [-0.05, 0) is 0 Å². The first-order chi connectivity index (χ1) is 4.54. The van der Waals surface area contributed by atoms with Gasteiger partial charge in [-0.15, -0.1) is 0 Å². The Morgan fingerprint density at radius 2 is 0.917 bits per heavy atom. The van der Waals surface area contributed by atoms with Crippen molar-refractivity contribution in [1.29, 1.82) is 0 Å². The van der Waals surface area contributed by atoms with Crippen molar-refractivity contribution in [3.05, 3.63) is 0 Å². The molecule has 0 nitrogen and oxygen atoms in total. The Morgan fingerprint density at radius 1 is 0.833 bits per heavy atom. The summed E-state index contributed by atoms with van der Waals surface area (Å²) in [5.41, 5.74) is 0. The summed E-state index contributed by atoms with van der Waals surface area (Å²) in [6.07, 6.45) is 0. The van der Waals surface area contributed by atoms with Gasteiger partial charge in [0.1, 0.15) is 0 Å². The molecule has 2 unspecified atom stereocenters. The van der Waals surface area contributed by atoms with Crippen LogP contribution in [0.15, 0.2) is 0 Å². The van der Waals surface area contributed by atoms with Crippen molar-refractivity contribution >= 4 is 50.5 Å². The maximum absolute atomic E-state index is 4.68. The standard InChI is InChI=1S/2C3H8S2.2Fe/c2*1-3(5)2-4;;/h2*3-5H,2H2,1H3;;/q;;2*+2/p-4. The molecule has 2 atom stereocenters. The van der Waals surface area contributed by atoms with Crippen LogP contribution in [-0.2, 0) is 84.7 Å². The van der Waals surface area contributed by atoms with E-state index in [9.17, 15) is 0 Å². The summed E-state index contributed by atoms with van der Waals surface area (Å²) >= 11 is 18.5. The Labute approximate surface area is 119 Å². The minimum Gasteiger partial charge on any atom is -0.794 e. The van der Waals surface area contributed by atoms with Crippen LogP contribution in [-0.4, -0.2) is 22.0 Å². The van der Waals surface area contributed by atoms with Gasteiger partial charge < -0.3 is 50.5 Å². The van der Waals surface area contributed by atoms with Crippen LogP contribution in [0.3, 0.4) is 0 Å². The normalized spacial score (nSPS) is 12.5. The minimum absolute atomic E-state index is 0. The number of rotatable bonds is 2. The molecule has 0 aromatic heterocycles. The minimum atomic E-state index is 0. The fourth-order valence-corrected chi connectivity index (χ4v) is 0. The third kappa shape index (κ3) is 39.3. The second kappa shape index (κ2) is 19.1. The van der Waals surface area contributed by atoms with Crippen LogP contribution < -0.4 is 0 Å². The predicted molar refractivity (Wildman–Crippen MR) is 58.1 cm³/mol. The molecule has 0 aromatic rings. The molecular weight excluding hydrogens is 312 g/mol. The molecule has 0 heterocycles. The molecule has 0 saturated heterocycles. The van der Waals surface area contributed by atoms with E-state index in [1.54, 1.807) is 0 Å². The van der Waals surface area contributed by atoms with Gasteiger partial charge in [-0.1, -0.05) is 13.8 Å². The Kier molecular flexibility index (Phi) is 38.1. The molecule has 0 amide bonds. The van der Waals surface area contributed by atoms with Gasteiger partial charge in [-0.3, -0.25) is 0 Å². The van der Waals surface area contributed by atoms with Crippen molar-refractivity contribution < 1.29 is 34.1 Å². The molecule has 6 heteroatoms. The average Bonchev–Trinajstić information content (AvgIpc) is 1.89. The molecule has 76 valence electrons. The summed E-state index contributed by atoms with van der Waals surface area (Å²) < 4.78 is 0. The van der Waals surface area contributed by atoms with Gasteiger partial charge in [-0.25, -0.2) is 0 Å². The first-order valence-corrected chi connectivity index (χ1v) is 5.12. The average molecular weight is 324 g/mol. The molecular formula is C6H12Fe2S4. The summed E-state index contributed by atoms with van der Waals surface area (Å²) in [5, 5.41) is 0.565. The molecule has 0 aliphatic carbocycles. The molecule has 0 spiro atoms. The summed E-state index contributed by atoms with van der Waals surface area (Å²) in [6, 6.07) is 0. The van der Waals surface area contributed by atoms with Gasteiger partial charge in [-0.2, -0.15) is 22.0 Å². The van der Waals surface area contributed by atoms with Crippen molar-refractivity contribution in [2.75, 3.05) is 11.5 Å². The smallest absolute Gasteiger partial charge is 0.794 e. The van der Waals surface area contributed by atoms with Crippen molar-refractivity contribution in [3.8, 4) is 0 Å². The molecule has 0 rings (SSSR count). The fraction of sp³-hybridized carbons (Fsp3) is 1.00. The van der Waals surface area contributed by atoms with Crippen LogP contribution in [0.25, 0.3) is 0 Å². The third-order valence-electron chi connectivity index (χ3n) is 0.469. The van der Waals surface area contributed by atoms with Gasteiger partial charge >= 0.3 is 34.1 Å². The van der Waals surface area contributed by atoms with Gasteiger partial charge in [0, 0.05) is 0 Å². The van der Waals surface area contributed by atoms with E-state index >= 15 is 0 Å². The van der Waals surface area contributed by atoms with Crippen LogP contribution in [0, 0.1) is 0 Å². The molecule has 0 aliphatic rings. The molecule has 0 bridgehead atoms. The van der Waals surface area contributed by atoms with Gasteiger partial charge in [0.15, 0.2) is 0 Å². The summed E-state index contributed by atoms with van der Waals surface area (Å²) in [4.78, 5) is 0. The molecule has 0 saturated carbocycles. The van der Waals surface area contributed by atoms with E-state index in [4.69, 9.17) is 0 Å². The molecule has 0 radical (unpaired) electrons. The van der Waals surface area contributed by atoms with E-state index in [1.165, 1.54) is 0 Å². The number of hydrogen-bond donors (Lipinski definition) is 0. The maximum atomic E-state index is 4.68. The zero-order valence-electron chi connectivity index (χ0n) is 6.91. The van der Waals surface area contributed by atoms with Crippen molar-refractivity contribution in [3.63, 3.8) is 0 Å². The quantitative estimate of drug-likeness (QED) is 0.547. The fourth-order valence-electron chi connectivity index (χ4n) is 0. The van der Waals surface area contributed by atoms with Crippen LogP contribution in [0.5, 0.6) is 0 Å². The van der Waals surface area contributed by atoms with Crippen LogP contribution in [0.1, 0.15) is 13.8 Å². The van der Waals surface area contributed by atoms with Gasteiger partial charge in [0.2, 0.25) is 0 Å². The second-order valence-electron chi connectivity index (χ2n) is 1.95. The van der Waals surface area contributed by atoms with Crippen molar-refractivity contribution in [1.82, 2.24) is 0 Å². The summed E-state index contributed by atoms with van der Waals surface area (Å²) in [7, 11) is 0. The summed E-state index contributed by atoms with van der Waals surface area (Å²) in [6.45, 7) is 3.87. The predicted octanol–water partition coefficient (Wildman–Crippen LogP) is 0.932. The van der Waals surface area contributed by atoms with E-state index in [2.05, 4.69) is 50.5 Å². The van der Waals surface area contributed by atoms with E-state index < -0.39 is 0 Å². The van der Waals surface area contributed by atoms with Crippen molar-refractivity contribution in [2.45, 2.75) is 24.3 Å². The Morgan fingerprint density at radius 3 is 0.917 bits per heavy atom. The molecule has 0 fully saturated rings. The Hall–Kier alpha value is 2.44. The van der Waals surface area contributed by atoms with Crippen LogP contribution >= 0.6 is 0 Å². The van der Waals surface area contributed by atoms with E-state index in [0.29, 0.717) is 11.5 Å². The van der Waals surface area contributed by atoms with Gasteiger partial charge in [0.05, 0.1) is 0 Å². The first kappa shape index (κ1) is 23.9. The Bertz CT molecular complexity index is 53.5. The zero-order chi connectivity index (χ0) is 8.57. The molecule has 12 heavy (non-hydrogen) atoms. The van der Waals surface area contributed by atoms with Crippen LogP contribution in [0.2, 0.25) is 0 Å². The summed E-state index contributed by atoms with van der Waals surface area (Å²) in [5.74, 6) is 1.41. The molecule has 0 aliphatic heterocycles. The maximum Gasteiger partial charge on any atom is 2.00 e. The topological polar surface area (TPSA) is 0 Å². The number of hydrogen-bond acceptors (Lipinski definition) is 4. The first-order valence-electron chi connectivity index (χ1n) is 3.02. The van der Waals surface area contributed by atoms with Crippen molar-refractivity contribution in [2.24, 2.45) is 0 Å². The third-order valence-corrected chi connectivity index (χ3v) is 2.22. The van der Waals surface area contributed by atoms with E-state index in [-0.39, 0.29) is 44.6 Å². The monoisotopic (exact) mass is 324 g/mol. The zero-order valence-corrected chi connectivity index (χ0v) is 12.4. The van der Waals surface area contributed by atoms with Gasteiger partial charge in [0.25, 0.3) is 0 Å². The Balaban J connectivity index is -0.0000000457. The second-order valence-corrected chi connectivity index (χ2v) is 4.23. The van der Waals surface area contributed by atoms with E-state index in [1.807, 2.05) is 13.8 Å². The van der Waals surface area contributed by atoms with E-state index in [0.717, 1.165) is 0 Å². The molecule has 0 aromatic carbocycles. The molecule has 0 N–H and O–H groups in total. The largest absolute Gasteiger partial charge is 2.00 e. The van der Waals surface area contributed by atoms with Crippen LogP contribution in [0.4, 0.5) is 0 Å².